The lowest BCUT2D eigenvalue weighted by Gasteiger charge is -2.11. The second-order valence-electron chi connectivity index (χ2n) is 7.30. The summed E-state index contributed by atoms with van der Waals surface area (Å²) in [5.41, 5.74) is 3.39. The van der Waals surface area contributed by atoms with Crippen LogP contribution in [-0.2, 0) is 10.0 Å². The van der Waals surface area contributed by atoms with E-state index in [2.05, 4.69) is 25.2 Å². The van der Waals surface area contributed by atoms with Crippen LogP contribution in [0.3, 0.4) is 0 Å². The van der Waals surface area contributed by atoms with Gasteiger partial charge in [0, 0.05) is 22.9 Å². The molecule has 2 aromatic heterocycles. The minimum atomic E-state index is -3.83. The number of para-hydroxylation sites is 1. The minimum absolute atomic E-state index is 0.0836. The maximum absolute atomic E-state index is 12.7. The van der Waals surface area contributed by atoms with E-state index in [-0.39, 0.29) is 10.8 Å². The molecule has 0 aliphatic heterocycles. The molecule has 11 heteroatoms. The predicted molar refractivity (Wildman–Crippen MR) is 130 cm³/mol. The molecule has 34 heavy (non-hydrogen) atoms. The zero-order valence-corrected chi connectivity index (χ0v) is 20.0. The van der Waals surface area contributed by atoms with Crippen LogP contribution in [0.5, 0.6) is 5.75 Å². The number of sulfonamides is 1. The van der Waals surface area contributed by atoms with Crippen molar-refractivity contribution in [1.29, 1.82) is 0 Å². The highest BCUT2D eigenvalue weighted by atomic mass is 35.5. The molecule has 2 N–H and O–H groups in total. The monoisotopic (exact) mass is 499 g/mol. The average Bonchev–Trinajstić information content (AvgIpc) is 3.15. The molecule has 0 fully saturated rings. The Bertz CT molecular complexity index is 1390. The Kier molecular flexibility index (Phi) is 6.99. The van der Waals surface area contributed by atoms with Crippen molar-refractivity contribution in [2.24, 2.45) is 0 Å². The molecule has 0 spiro atoms. The molecule has 0 aliphatic rings. The number of hydrogen-bond donors (Lipinski definition) is 2. The Morgan fingerprint density at radius 1 is 1.06 bits per heavy atom. The number of benzene rings is 2. The molecule has 0 unspecified atom stereocenters. The Morgan fingerprint density at radius 2 is 1.82 bits per heavy atom. The van der Waals surface area contributed by atoms with Gasteiger partial charge in [0.2, 0.25) is 5.88 Å². The number of aromatic nitrogens is 3. The predicted octanol–water partition coefficient (Wildman–Crippen LogP) is 4.91. The molecule has 9 nitrogen and oxygen atoms in total. The highest BCUT2D eigenvalue weighted by molar-refractivity contribution is 7.92. The van der Waals surface area contributed by atoms with Crippen LogP contribution in [0.2, 0.25) is 0 Å². The van der Waals surface area contributed by atoms with Crippen LogP contribution in [0.4, 0.5) is 17.4 Å². The van der Waals surface area contributed by atoms with Gasteiger partial charge in [-0.2, -0.15) is 0 Å². The summed E-state index contributed by atoms with van der Waals surface area (Å²) in [7, 11) is -3.83. The maximum Gasteiger partial charge on any atom is 0.264 e. The summed E-state index contributed by atoms with van der Waals surface area (Å²) in [6, 6.07) is 15.6. The van der Waals surface area contributed by atoms with Crippen molar-refractivity contribution in [1.82, 2.24) is 15.1 Å². The molecule has 0 radical (unpaired) electrons. The molecule has 0 amide bonds. The molecule has 0 atom stereocenters. The van der Waals surface area contributed by atoms with Crippen LogP contribution in [0, 0.1) is 13.8 Å². The van der Waals surface area contributed by atoms with Gasteiger partial charge in [-0.1, -0.05) is 17.3 Å². The summed E-state index contributed by atoms with van der Waals surface area (Å²) in [6.07, 6.45) is 1.44. The van der Waals surface area contributed by atoms with Crippen LogP contribution in [0.25, 0.3) is 11.3 Å². The van der Waals surface area contributed by atoms with Gasteiger partial charge >= 0.3 is 0 Å². The van der Waals surface area contributed by atoms with Gasteiger partial charge in [-0.15, -0.1) is 11.6 Å². The fourth-order valence-electron chi connectivity index (χ4n) is 3.08. The number of aryl methyl sites for hydroxylation is 1. The summed E-state index contributed by atoms with van der Waals surface area (Å²) in [5.74, 6) is 1.69. The summed E-state index contributed by atoms with van der Waals surface area (Å²) in [5, 5.41) is 6.93. The summed E-state index contributed by atoms with van der Waals surface area (Å²) < 4.78 is 38.5. The van der Waals surface area contributed by atoms with E-state index in [1.54, 1.807) is 32.0 Å². The van der Waals surface area contributed by atoms with E-state index in [4.69, 9.17) is 20.9 Å². The maximum atomic E-state index is 12.7. The van der Waals surface area contributed by atoms with Gasteiger partial charge in [-0.25, -0.2) is 23.1 Å². The molecule has 4 rings (SSSR count). The van der Waals surface area contributed by atoms with Gasteiger partial charge in [0.15, 0.2) is 0 Å². The largest absolute Gasteiger partial charge is 0.492 e. The van der Waals surface area contributed by atoms with Crippen LogP contribution in [0.15, 0.2) is 70.3 Å². The van der Waals surface area contributed by atoms with Crippen LogP contribution in [0.1, 0.15) is 11.3 Å². The number of rotatable bonds is 9. The molecule has 0 saturated heterocycles. The van der Waals surface area contributed by atoms with Crippen molar-refractivity contribution >= 4 is 39.0 Å². The SMILES string of the molecule is Cc1noc(NS(=O)(=O)c2ccc(Nc3cc(-c4ccccc4OCCCl)ncn3)cc2)c1C. The first kappa shape index (κ1) is 23.5. The second kappa shape index (κ2) is 10.1. The first-order valence-corrected chi connectivity index (χ1v) is 12.3. The third-order valence-corrected chi connectivity index (χ3v) is 6.49. The van der Waals surface area contributed by atoms with E-state index in [0.29, 0.717) is 46.7 Å². The lowest BCUT2D eigenvalue weighted by molar-refractivity contribution is 0.344. The molecular formula is C23H22ClN5O4S. The molecule has 2 aromatic carbocycles. The second-order valence-corrected chi connectivity index (χ2v) is 9.36. The summed E-state index contributed by atoms with van der Waals surface area (Å²) in [6.45, 7) is 3.85. The quantitative estimate of drug-likeness (QED) is 0.312. The van der Waals surface area contributed by atoms with Crippen LogP contribution < -0.4 is 14.8 Å². The smallest absolute Gasteiger partial charge is 0.264 e. The van der Waals surface area contributed by atoms with Gasteiger partial charge in [-0.05, 0) is 50.2 Å². The van der Waals surface area contributed by atoms with Gasteiger partial charge in [0.25, 0.3) is 10.0 Å². The first-order chi connectivity index (χ1) is 16.4. The number of ether oxygens (including phenoxy) is 1. The van der Waals surface area contributed by atoms with Crippen molar-refractivity contribution in [3.8, 4) is 17.0 Å². The first-order valence-electron chi connectivity index (χ1n) is 10.3. The highest BCUT2D eigenvalue weighted by Gasteiger charge is 2.19. The third-order valence-electron chi connectivity index (χ3n) is 4.99. The van der Waals surface area contributed by atoms with E-state index < -0.39 is 10.0 Å². The summed E-state index contributed by atoms with van der Waals surface area (Å²) in [4.78, 5) is 8.69. The molecule has 0 saturated carbocycles. The Balaban J connectivity index is 1.51. The van der Waals surface area contributed by atoms with Crippen LogP contribution in [-0.4, -0.2) is 36.0 Å². The number of anilines is 3. The lowest BCUT2D eigenvalue weighted by atomic mass is 10.1. The number of nitrogens with one attached hydrogen (secondary N) is 2. The highest BCUT2D eigenvalue weighted by Crippen LogP contribution is 2.30. The Labute approximate surface area is 202 Å². The number of alkyl halides is 1. The number of halogens is 1. The van der Waals surface area contributed by atoms with Crippen molar-refractivity contribution in [3.63, 3.8) is 0 Å². The van der Waals surface area contributed by atoms with Crippen molar-refractivity contribution in [2.45, 2.75) is 18.7 Å². The van der Waals surface area contributed by atoms with Gasteiger partial charge < -0.3 is 14.6 Å². The normalized spacial score (nSPS) is 11.3. The van der Waals surface area contributed by atoms with E-state index in [1.165, 1.54) is 18.5 Å². The third kappa shape index (κ3) is 5.29. The molecule has 176 valence electrons. The standard InChI is InChI=1S/C23H22ClN5O4S/c1-15-16(2)28-33-23(15)29-34(30,31)18-9-7-17(8-10-18)27-22-13-20(25-14-26-22)19-5-3-4-6-21(19)32-12-11-24/h3-10,13-14,29H,11-12H2,1-2H3,(H,25,26,27). The van der Waals surface area contributed by atoms with Gasteiger partial charge in [0.05, 0.1) is 22.2 Å². The van der Waals surface area contributed by atoms with E-state index in [1.807, 2.05) is 24.3 Å². The van der Waals surface area contributed by atoms with E-state index >= 15 is 0 Å². The molecule has 0 bridgehead atoms. The summed E-state index contributed by atoms with van der Waals surface area (Å²) >= 11 is 5.74. The molecule has 2 heterocycles. The number of nitrogens with zero attached hydrogens (tertiary/aromatic N) is 3. The zero-order chi connectivity index (χ0) is 24.1. The van der Waals surface area contributed by atoms with Crippen molar-refractivity contribution in [3.05, 3.63) is 72.2 Å². The molecule has 0 aliphatic carbocycles. The lowest BCUT2D eigenvalue weighted by Crippen LogP contribution is -2.13. The fourth-order valence-corrected chi connectivity index (χ4v) is 4.21. The molecule has 4 aromatic rings. The van der Waals surface area contributed by atoms with Gasteiger partial charge in [0.1, 0.15) is 24.5 Å². The Hall–Kier alpha value is -3.63. The average molecular weight is 500 g/mol. The topological polar surface area (TPSA) is 119 Å². The van der Waals surface area contributed by atoms with Crippen molar-refractivity contribution < 1.29 is 17.7 Å². The van der Waals surface area contributed by atoms with E-state index in [0.717, 1.165) is 5.56 Å². The Morgan fingerprint density at radius 3 is 2.53 bits per heavy atom. The fraction of sp³-hybridized carbons (Fsp3) is 0.174. The van der Waals surface area contributed by atoms with Gasteiger partial charge in [-0.3, -0.25) is 0 Å². The van der Waals surface area contributed by atoms with Crippen molar-refractivity contribution in [2.75, 3.05) is 22.5 Å². The zero-order valence-electron chi connectivity index (χ0n) is 18.4. The number of hydrogen-bond acceptors (Lipinski definition) is 8. The van der Waals surface area contributed by atoms with Crippen LogP contribution >= 0.6 is 11.6 Å². The minimum Gasteiger partial charge on any atom is -0.492 e. The molecular weight excluding hydrogens is 478 g/mol. The van der Waals surface area contributed by atoms with E-state index in [9.17, 15) is 8.42 Å².